The number of ether oxygens (including phenoxy) is 3. The van der Waals surface area contributed by atoms with E-state index in [0.29, 0.717) is 19.3 Å². The molecule has 0 fully saturated rings. The van der Waals surface area contributed by atoms with Gasteiger partial charge in [0.25, 0.3) is 0 Å². The predicted molar refractivity (Wildman–Crippen MR) is 261 cm³/mol. The van der Waals surface area contributed by atoms with Crippen molar-refractivity contribution >= 4 is 17.9 Å². The van der Waals surface area contributed by atoms with Gasteiger partial charge in [-0.3, -0.25) is 14.4 Å². The van der Waals surface area contributed by atoms with Crippen molar-refractivity contribution in [2.45, 2.75) is 309 Å². The molecule has 1 atom stereocenters. The summed E-state index contributed by atoms with van der Waals surface area (Å²) in [6.45, 7) is 6.60. The molecular formula is C55H104O6. The van der Waals surface area contributed by atoms with Gasteiger partial charge >= 0.3 is 17.9 Å². The monoisotopic (exact) mass is 861 g/mol. The molecule has 6 nitrogen and oxygen atoms in total. The summed E-state index contributed by atoms with van der Waals surface area (Å²) in [5.74, 6) is -0.871. The third-order valence-corrected chi connectivity index (χ3v) is 12.3. The zero-order chi connectivity index (χ0) is 44.4. The number of carbonyl (C=O) groups is 3. The fraction of sp³-hybridized carbons (Fsp3) is 0.909. The summed E-state index contributed by atoms with van der Waals surface area (Å²) in [4.78, 5) is 37.7. The van der Waals surface area contributed by atoms with Gasteiger partial charge in [0.1, 0.15) is 13.2 Å². The molecular weight excluding hydrogens is 757 g/mol. The lowest BCUT2D eigenvalue weighted by Crippen LogP contribution is -2.30. The van der Waals surface area contributed by atoms with Crippen molar-refractivity contribution in [1.29, 1.82) is 0 Å². The van der Waals surface area contributed by atoms with Crippen LogP contribution >= 0.6 is 0 Å². The lowest BCUT2D eigenvalue weighted by Gasteiger charge is -2.18. The number of hydrogen-bond acceptors (Lipinski definition) is 6. The molecule has 0 aliphatic rings. The molecule has 0 radical (unpaired) electrons. The highest BCUT2D eigenvalue weighted by Gasteiger charge is 2.19. The van der Waals surface area contributed by atoms with Crippen LogP contribution in [-0.2, 0) is 28.6 Å². The third-order valence-electron chi connectivity index (χ3n) is 12.3. The molecule has 0 saturated heterocycles. The van der Waals surface area contributed by atoms with E-state index in [1.165, 1.54) is 199 Å². The van der Waals surface area contributed by atoms with E-state index >= 15 is 0 Å². The van der Waals surface area contributed by atoms with E-state index in [4.69, 9.17) is 14.2 Å². The smallest absolute Gasteiger partial charge is 0.306 e. The first-order chi connectivity index (χ1) is 30.0. The van der Waals surface area contributed by atoms with Gasteiger partial charge in [0.15, 0.2) is 6.10 Å². The Morgan fingerprint density at radius 2 is 0.541 bits per heavy atom. The van der Waals surface area contributed by atoms with Crippen molar-refractivity contribution < 1.29 is 28.6 Å². The van der Waals surface area contributed by atoms with Gasteiger partial charge in [-0.2, -0.15) is 0 Å². The van der Waals surface area contributed by atoms with Gasteiger partial charge in [0, 0.05) is 19.3 Å². The van der Waals surface area contributed by atoms with Crippen molar-refractivity contribution in [3.63, 3.8) is 0 Å². The Morgan fingerprint density at radius 3 is 0.820 bits per heavy atom. The van der Waals surface area contributed by atoms with Crippen LogP contribution in [0.25, 0.3) is 0 Å². The van der Waals surface area contributed by atoms with Gasteiger partial charge in [-0.25, -0.2) is 0 Å². The van der Waals surface area contributed by atoms with Gasteiger partial charge in [0.2, 0.25) is 0 Å². The molecule has 61 heavy (non-hydrogen) atoms. The number of esters is 3. The second-order valence-corrected chi connectivity index (χ2v) is 18.5. The Kier molecular flexibility index (Phi) is 49.3. The number of carbonyl (C=O) groups excluding carboxylic acids is 3. The van der Waals surface area contributed by atoms with E-state index in [0.717, 1.165) is 64.2 Å². The van der Waals surface area contributed by atoms with Crippen molar-refractivity contribution in [2.24, 2.45) is 0 Å². The summed E-state index contributed by atoms with van der Waals surface area (Å²) >= 11 is 0. The summed E-state index contributed by atoms with van der Waals surface area (Å²) < 4.78 is 16.7. The third kappa shape index (κ3) is 49.0. The number of allylic oxidation sites excluding steroid dienone is 2. The molecule has 0 aromatic carbocycles. The highest BCUT2D eigenvalue weighted by molar-refractivity contribution is 5.71. The lowest BCUT2D eigenvalue weighted by molar-refractivity contribution is -0.167. The van der Waals surface area contributed by atoms with Crippen LogP contribution in [0, 0.1) is 0 Å². The first-order valence-corrected chi connectivity index (χ1v) is 27.2. The SMILES string of the molecule is CCCCCCC/C=C\CCCCCCCC(=O)OC(COC(=O)CCCCCCCC)COC(=O)CCCCCCCCCCCCCCCCCCCCCCCCC. The van der Waals surface area contributed by atoms with Crippen molar-refractivity contribution in [3.8, 4) is 0 Å². The van der Waals surface area contributed by atoms with E-state index < -0.39 is 6.10 Å². The molecule has 1 unspecified atom stereocenters. The fourth-order valence-electron chi connectivity index (χ4n) is 8.14. The van der Waals surface area contributed by atoms with Crippen LogP contribution in [-0.4, -0.2) is 37.2 Å². The molecule has 0 bridgehead atoms. The molecule has 360 valence electrons. The van der Waals surface area contributed by atoms with Crippen molar-refractivity contribution in [3.05, 3.63) is 12.2 Å². The van der Waals surface area contributed by atoms with Crippen LogP contribution in [0.5, 0.6) is 0 Å². The minimum absolute atomic E-state index is 0.0690. The first kappa shape index (κ1) is 59.1. The Hall–Kier alpha value is -1.85. The van der Waals surface area contributed by atoms with Gasteiger partial charge in [-0.05, 0) is 44.9 Å². The maximum Gasteiger partial charge on any atom is 0.306 e. The summed E-state index contributed by atoms with van der Waals surface area (Å²) in [5.41, 5.74) is 0. The molecule has 0 saturated carbocycles. The Balaban J connectivity index is 4.07. The van der Waals surface area contributed by atoms with Crippen LogP contribution in [0.1, 0.15) is 303 Å². The Bertz CT molecular complexity index is 947. The second-order valence-electron chi connectivity index (χ2n) is 18.5. The molecule has 0 N–H and O–H groups in total. The average molecular weight is 861 g/mol. The normalized spacial score (nSPS) is 12.0. The minimum atomic E-state index is -0.766. The molecule has 6 heteroatoms. The largest absolute Gasteiger partial charge is 0.462 e. The van der Waals surface area contributed by atoms with E-state index in [9.17, 15) is 14.4 Å². The number of unbranched alkanes of at least 4 members (excludes halogenated alkanes) is 37. The van der Waals surface area contributed by atoms with Crippen LogP contribution < -0.4 is 0 Å². The molecule has 0 heterocycles. The summed E-state index contributed by atoms with van der Waals surface area (Å²) in [6.07, 6.45) is 56.6. The highest BCUT2D eigenvalue weighted by atomic mass is 16.6. The maximum atomic E-state index is 12.7. The van der Waals surface area contributed by atoms with E-state index in [2.05, 4.69) is 32.9 Å². The molecule has 0 aliphatic heterocycles. The second kappa shape index (κ2) is 50.8. The van der Waals surface area contributed by atoms with E-state index in [1.807, 2.05) is 0 Å². The molecule has 0 aromatic heterocycles. The molecule has 0 rings (SSSR count). The topological polar surface area (TPSA) is 78.9 Å². The first-order valence-electron chi connectivity index (χ1n) is 27.2. The standard InChI is InChI=1S/C55H104O6/c1-4-7-10-13-16-18-20-22-24-25-26-27-28-29-30-31-32-34-35-37-39-42-45-48-54(57)60-51-52(50-59-53(56)47-44-41-15-12-9-6-3)61-55(58)49-46-43-40-38-36-33-23-21-19-17-14-11-8-5-2/h21,23,52H,4-20,22,24-51H2,1-3H3/b23-21-. The number of rotatable bonds is 50. The highest BCUT2D eigenvalue weighted by Crippen LogP contribution is 2.17. The van der Waals surface area contributed by atoms with Gasteiger partial charge in [-0.15, -0.1) is 0 Å². The van der Waals surface area contributed by atoms with Crippen LogP contribution in [0.2, 0.25) is 0 Å². The fourth-order valence-corrected chi connectivity index (χ4v) is 8.14. The van der Waals surface area contributed by atoms with Crippen LogP contribution in [0.3, 0.4) is 0 Å². The predicted octanol–water partition coefficient (Wildman–Crippen LogP) is 17.8. The van der Waals surface area contributed by atoms with E-state index in [-0.39, 0.29) is 31.1 Å². The van der Waals surface area contributed by atoms with Crippen LogP contribution in [0.4, 0.5) is 0 Å². The Labute approximate surface area is 380 Å². The van der Waals surface area contributed by atoms with E-state index in [1.54, 1.807) is 0 Å². The van der Waals surface area contributed by atoms with Crippen LogP contribution in [0.15, 0.2) is 12.2 Å². The van der Waals surface area contributed by atoms with Gasteiger partial charge in [-0.1, -0.05) is 251 Å². The van der Waals surface area contributed by atoms with Crippen molar-refractivity contribution in [2.75, 3.05) is 13.2 Å². The number of hydrogen-bond donors (Lipinski definition) is 0. The summed E-state index contributed by atoms with van der Waals surface area (Å²) in [7, 11) is 0. The molecule has 0 aliphatic carbocycles. The Morgan fingerprint density at radius 1 is 0.311 bits per heavy atom. The zero-order valence-electron chi connectivity index (χ0n) is 41.2. The average Bonchev–Trinajstić information content (AvgIpc) is 3.26. The summed E-state index contributed by atoms with van der Waals surface area (Å²) in [6, 6.07) is 0. The molecule has 0 aromatic rings. The molecule has 0 spiro atoms. The maximum absolute atomic E-state index is 12.7. The quantitative estimate of drug-likeness (QED) is 0.0262. The minimum Gasteiger partial charge on any atom is -0.462 e. The molecule has 0 amide bonds. The lowest BCUT2D eigenvalue weighted by atomic mass is 10.0. The van der Waals surface area contributed by atoms with Gasteiger partial charge < -0.3 is 14.2 Å². The zero-order valence-corrected chi connectivity index (χ0v) is 41.2. The summed E-state index contributed by atoms with van der Waals surface area (Å²) in [5, 5.41) is 0. The van der Waals surface area contributed by atoms with Gasteiger partial charge in [0.05, 0.1) is 0 Å². The van der Waals surface area contributed by atoms with Crippen molar-refractivity contribution in [1.82, 2.24) is 0 Å².